The highest BCUT2D eigenvalue weighted by molar-refractivity contribution is 5.75. The SMILES string of the molecule is CN[C@@H](CCCC[NH3+])C(=O)OC. The van der Waals surface area contributed by atoms with E-state index in [2.05, 4.69) is 15.8 Å². The molecule has 0 spiro atoms. The summed E-state index contributed by atoms with van der Waals surface area (Å²) in [4.78, 5) is 11.0. The zero-order chi connectivity index (χ0) is 9.40. The zero-order valence-electron chi connectivity index (χ0n) is 7.93. The van der Waals surface area contributed by atoms with E-state index in [0.29, 0.717) is 0 Å². The van der Waals surface area contributed by atoms with Crippen LogP contribution in [0.25, 0.3) is 0 Å². The molecule has 0 aliphatic heterocycles. The van der Waals surface area contributed by atoms with Gasteiger partial charge in [-0.1, -0.05) is 0 Å². The number of quaternary nitrogens is 1. The Morgan fingerprint density at radius 2 is 2.25 bits per heavy atom. The molecule has 0 saturated heterocycles. The average Bonchev–Trinajstić information content (AvgIpc) is 2.11. The lowest BCUT2D eigenvalue weighted by Gasteiger charge is -2.12. The minimum absolute atomic E-state index is 0.151. The molecule has 4 nitrogen and oxygen atoms in total. The van der Waals surface area contributed by atoms with Crippen molar-refractivity contribution in [2.45, 2.75) is 25.3 Å². The molecule has 0 amide bonds. The predicted octanol–water partition coefficient (Wildman–Crippen LogP) is -0.840. The summed E-state index contributed by atoms with van der Waals surface area (Å²) in [6, 6.07) is -0.151. The molecule has 0 heterocycles. The van der Waals surface area contributed by atoms with Gasteiger partial charge in [0.25, 0.3) is 0 Å². The van der Waals surface area contributed by atoms with E-state index in [1.54, 1.807) is 7.05 Å². The van der Waals surface area contributed by atoms with E-state index in [9.17, 15) is 4.79 Å². The Labute approximate surface area is 73.5 Å². The van der Waals surface area contributed by atoms with E-state index in [4.69, 9.17) is 0 Å². The maximum atomic E-state index is 11.0. The summed E-state index contributed by atoms with van der Waals surface area (Å²) in [6.45, 7) is 0.928. The summed E-state index contributed by atoms with van der Waals surface area (Å²) in [6.07, 6.45) is 2.91. The molecule has 0 fully saturated rings. The van der Waals surface area contributed by atoms with Gasteiger partial charge in [0.15, 0.2) is 0 Å². The number of carbonyl (C=O) groups excluding carboxylic acids is 1. The Balaban J connectivity index is 3.60. The molecular formula is C8H19N2O2+. The highest BCUT2D eigenvalue weighted by atomic mass is 16.5. The Hall–Kier alpha value is -0.610. The Morgan fingerprint density at radius 1 is 1.58 bits per heavy atom. The molecule has 4 heteroatoms. The molecule has 0 bridgehead atoms. The Morgan fingerprint density at radius 3 is 2.67 bits per heavy atom. The van der Waals surface area contributed by atoms with E-state index >= 15 is 0 Å². The summed E-state index contributed by atoms with van der Waals surface area (Å²) >= 11 is 0. The first-order valence-electron chi connectivity index (χ1n) is 4.30. The van der Waals surface area contributed by atoms with Crippen LogP contribution in [0.4, 0.5) is 0 Å². The summed E-state index contributed by atoms with van der Waals surface area (Å²) < 4.78 is 4.62. The van der Waals surface area contributed by atoms with E-state index < -0.39 is 0 Å². The third-order valence-electron chi connectivity index (χ3n) is 1.83. The van der Waals surface area contributed by atoms with Crippen molar-refractivity contribution in [3.63, 3.8) is 0 Å². The highest BCUT2D eigenvalue weighted by Crippen LogP contribution is 2.00. The van der Waals surface area contributed by atoms with Crippen molar-refractivity contribution in [2.24, 2.45) is 0 Å². The molecular weight excluding hydrogens is 156 g/mol. The van der Waals surface area contributed by atoms with Gasteiger partial charge in [-0.15, -0.1) is 0 Å². The van der Waals surface area contributed by atoms with Crippen LogP contribution in [0.3, 0.4) is 0 Å². The van der Waals surface area contributed by atoms with Crippen LogP contribution >= 0.6 is 0 Å². The molecule has 0 aliphatic rings. The fourth-order valence-corrected chi connectivity index (χ4v) is 1.05. The zero-order valence-corrected chi connectivity index (χ0v) is 7.93. The minimum atomic E-state index is -0.179. The maximum absolute atomic E-state index is 11.0. The first-order chi connectivity index (χ1) is 5.76. The van der Waals surface area contributed by atoms with Gasteiger partial charge in [-0.3, -0.25) is 4.79 Å². The van der Waals surface area contributed by atoms with Crippen LogP contribution in [0.2, 0.25) is 0 Å². The topological polar surface area (TPSA) is 66.0 Å². The number of carbonyl (C=O) groups is 1. The van der Waals surface area contributed by atoms with Crippen LogP contribution in [0.5, 0.6) is 0 Å². The van der Waals surface area contributed by atoms with Gasteiger partial charge >= 0.3 is 5.97 Å². The van der Waals surface area contributed by atoms with Crippen LogP contribution in [0.15, 0.2) is 0 Å². The van der Waals surface area contributed by atoms with Crippen molar-refractivity contribution < 1.29 is 15.3 Å². The van der Waals surface area contributed by atoms with Gasteiger partial charge in [0, 0.05) is 0 Å². The second-order valence-corrected chi connectivity index (χ2v) is 2.71. The highest BCUT2D eigenvalue weighted by Gasteiger charge is 2.15. The number of unbranched alkanes of at least 4 members (excludes halogenated alkanes) is 1. The van der Waals surface area contributed by atoms with E-state index in [1.807, 2.05) is 0 Å². The number of hydrogen-bond donors (Lipinski definition) is 2. The van der Waals surface area contributed by atoms with Crippen molar-refractivity contribution in [2.75, 3.05) is 20.7 Å². The minimum Gasteiger partial charge on any atom is -0.468 e. The largest absolute Gasteiger partial charge is 0.468 e. The molecule has 1 atom stereocenters. The summed E-state index contributed by atoms with van der Waals surface area (Å²) in [5.74, 6) is -0.179. The standard InChI is InChI=1S/C8H18N2O2/c1-10-7(8(11)12-2)5-3-4-6-9/h7,10H,3-6,9H2,1-2H3/p+1/t7-/m0/s1. The molecule has 0 rings (SSSR count). The van der Waals surface area contributed by atoms with Crippen molar-refractivity contribution in [1.29, 1.82) is 0 Å². The Bertz CT molecular complexity index is 128. The summed E-state index contributed by atoms with van der Waals surface area (Å²) in [7, 11) is 3.18. The van der Waals surface area contributed by atoms with Gasteiger partial charge in [0.1, 0.15) is 6.04 Å². The molecule has 12 heavy (non-hydrogen) atoms. The number of hydrogen-bond acceptors (Lipinski definition) is 3. The van der Waals surface area contributed by atoms with E-state index in [1.165, 1.54) is 7.11 Å². The maximum Gasteiger partial charge on any atom is 0.322 e. The Kier molecular flexibility index (Phi) is 6.70. The van der Waals surface area contributed by atoms with Crippen LogP contribution < -0.4 is 11.1 Å². The molecule has 0 aliphatic carbocycles. The fourth-order valence-electron chi connectivity index (χ4n) is 1.05. The normalized spacial score (nSPS) is 12.6. The molecule has 0 unspecified atom stereocenters. The number of esters is 1. The lowest BCUT2D eigenvalue weighted by atomic mass is 10.1. The van der Waals surface area contributed by atoms with Crippen molar-refractivity contribution >= 4 is 5.97 Å². The quantitative estimate of drug-likeness (QED) is 0.408. The third-order valence-corrected chi connectivity index (χ3v) is 1.83. The van der Waals surface area contributed by atoms with Crippen molar-refractivity contribution in [1.82, 2.24) is 5.32 Å². The number of methoxy groups -OCH3 is 1. The van der Waals surface area contributed by atoms with E-state index in [0.717, 1.165) is 25.8 Å². The second kappa shape index (κ2) is 7.06. The lowest BCUT2D eigenvalue weighted by molar-refractivity contribution is -0.368. The number of likely N-dealkylation sites (N-methyl/N-ethyl adjacent to an activating group) is 1. The van der Waals surface area contributed by atoms with Crippen LogP contribution in [-0.4, -0.2) is 32.7 Å². The first kappa shape index (κ1) is 11.4. The number of rotatable bonds is 6. The van der Waals surface area contributed by atoms with Gasteiger partial charge in [-0.25, -0.2) is 0 Å². The van der Waals surface area contributed by atoms with Gasteiger partial charge in [-0.2, -0.15) is 0 Å². The number of ether oxygens (including phenoxy) is 1. The summed E-state index contributed by atoms with van der Waals surface area (Å²) in [5.41, 5.74) is 3.74. The van der Waals surface area contributed by atoms with Crippen LogP contribution in [0.1, 0.15) is 19.3 Å². The molecule has 0 aromatic rings. The lowest BCUT2D eigenvalue weighted by Crippen LogP contribution is -2.50. The van der Waals surface area contributed by atoms with Gasteiger partial charge < -0.3 is 15.8 Å². The van der Waals surface area contributed by atoms with Gasteiger partial charge in [0.2, 0.25) is 0 Å². The van der Waals surface area contributed by atoms with Crippen LogP contribution in [0, 0.1) is 0 Å². The molecule has 4 N–H and O–H groups in total. The van der Waals surface area contributed by atoms with Crippen molar-refractivity contribution in [3.8, 4) is 0 Å². The van der Waals surface area contributed by atoms with E-state index in [-0.39, 0.29) is 12.0 Å². The smallest absolute Gasteiger partial charge is 0.322 e. The predicted molar refractivity (Wildman–Crippen MR) is 46.5 cm³/mol. The molecule has 72 valence electrons. The molecule has 0 radical (unpaired) electrons. The van der Waals surface area contributed by atoms with Gasteiger partial charge in [0.05, 0.1) is 13.7 Å². The fraction of sp³-hybridized carbons (Fsp3) is 0.875. The number of nitrogens with one attached hydrogen (secondary N) is 1. The summed E-state index contributed by atoms with van der Waals surface area (Å²) in [5, 5.41) is 2.92. The average molecular weight is 175 g/mol. The first-order valence-corrected chi connectivity index (χ1v) is 4.30. The van der Waals surface area contributed by atoms with Crippen molar-refractivity contribution in [3.05, 3.63) is 0 Å². The third kappa shape index (κ3) is 4.31. The van der Waals surface area contributed by atoms with Gasteiger partial charge in [-0.05, 0) is 26.3 Å². The monoisotopic (exact) mass is 175 g/mol. The second-order valence-electron chi connectivity index (χ2n) is 2.71. The molecule has 0 aromatic heterocycles. The molecule has 0 aromatic carbocycles. The molecule has 0 saturated carbocycles. The van der Waals surface area contributed by atoms with Crippen LogP contribution in [-0.2, 0) is 9.53 Å².